The number of phenolic OH excluding ortho intramolecular Hbond substituents is 3. The monoisotopic (exact) mass is 424 g/mol. The molecule has 2 unspecified atom stereocenters. The van der Waals surface area contributed by atoms with Crippen molar-refractivity contribution >= 4 is 5.78 Å². The average molecular weight is 425 g/mol. The van der Waals surface area contributed by atoms with Crippen LogP contribution < -0.4 is 4.74 Å². The summed E-state index contributed by atoms with van der Waals surface area (Å²) < 4.78 is 6.16. The quantitative estimate of drug-likeness (QED) is 0.490. The number of hydrogen-bond acceptors (Lipinski definition) is 5. The fourth-order valence-electron chi connectivity index (χ4n) is 4.03. The van der Waals surface area contributed by atoms with Crippen molar-refractivity contribution in [3.63, 3.8) is 0 Å². The molecule has 0 saturated carbocycles. The summed E-state index contributed by atoms with van der Waals surface area (Å²) in [4.78, 5) is 12.9. The van der Waals surface area contributed by atoms with E-state index in [4.69, 9.17) is 4.74 Å². The lowest BCUT2D eigenvalue weighted by Crippen LogP contribution is -2.22. The minimum Gasteiger partial charge on any atom is -0.508 e. The third kappa shape index (κ3) is 5.04. The number of para-hydroxylation sites is 1. The zero-order valence-corrected chi connectivity index (χ0v) is 18.7. The lowest BCUT2D eigenvalue weighted by atomic mass is 9.81. The van der Waals surface area contributed by atoms with Crippen molar-refractivity contribution in [2.75, 3.05) is 0 Å². The summed E-state index contributed by atoms with van der Waals surface area (Å²) >= 11 is 0. The molecule has 2 atom stereocenters. The highest BCUT2D eigenvalue weighted by atomic mass is 16.5. The summed E-state index contributed by atoms with van der Waals surface area (Å²) in [6.07, 6.45) is 1.60. The Morgan fingerprint density at radius 3 is 2.45 bits per heavy atom. The molecule has 2 aromatic rings. The van der Waals surface area contributed by atoms with Gasteiger partial charge in [-0.15, -0.1) is 0 Å². The number of ketones is 1. The number of benzene rings is 2. The van der Waals surface area contributed by atoms with Gasteiger partial charge < -0.3 is 20.1 Å². The molecule has 5 nitrogen and oxygen atoms in total. The summed E-state index contributed by atoms with van der Waals surface area (Å²) in [5.74, 6) is -0.357. The molecule has 0 aliphatic carbocycles. The van der Waals surface area contributed by atoms with E-state index in [9.17, 15) is 20.1 Å². The van der Waals surface area contributed by atoms with E-state index in [1.807, 2.05) is 6.92 Å². The second kappa shape index (κ2) is 8.66. The Kier molecular flexibility index (Phi) is 6.35. The van der Waals surface area contributed by atoms with Crippen LogP contribution in [0.2, 0.25) is 0 Å². The Bertz CT molecular complexity index is 1000. The first-order valence-corrected chi connectivity index (χ1v) is 10.7. The zero-order chi connectivity index (χ0) is 22.9. The fraction of sp³-hybridized carbons (Fsp3) is 0.423. The Morgan fingerprint density at radius 2 is 1.84 bits per heavy atom. The summed E-state index contributed by atoms with van der Waals surface area (Å²) in [6.45, 7) is 12.6. The number of hydrogen-bond donors (Lipinski definition) is 3. The highest BCUT2D eigenvalue weighted by Crippen LogP contribution is 2.47. The fourth-order valence-corrected chi connectivity index (χ4v) is 4.03. The molecule has 2 aromatic carbocycles. The third-order valence-electron chi connectivity index (χ3n) is 5.92. The van der Waals surface area contributed by atoms with E-state index in [0.29, 0.717) is 17.5 Å². The number of aromatic hydroxyl groups is 3. The molecule has 0 bridgehead atoms. The van der Waals surface area contributed by atoms with E-state index in [2.05, 4.69) is 27.4 Å². The Morgan fingerprint density at radius 1 is 1.16 bits per heavy atom. The van der Waals surface area contributed by atoms with Crippen LogP contribution in [-0.2, 0) is 6.42 Å². The maximum atomic E-state index is 12.9. The topological polar surface area (TPSA) is 87.0 Å². The van der Waals surface area contributed by atoms with Gasteiger partial charge in [0.2, 0.25) is 0 Å². The van der Waals surface area contributed by atoms with Crippen LogP contribution in [-0.4, -0.2) is 21.1 Å². The van der Waals surface area contributed by atoms with E-state index >= 15 is 0 Å². The van der Waals surface area contributed by atoms with Gasteiger partial charge in [0.15, 0.2) is 5.78 Å². The molecule has 0 amide bonds. The minimum atomic E-state index is -0.695. The minimum absolute atomic E-state index is 0.00368. The molecule has 1 heterocycles. The molecule has 31 heavy (non-hydrogen) atoms. The Labute approximate surface area is 184 Å². The standard InChI is InChI=1S/C26H32O5/c1-15(2)16(10-11-26(3,4)5)12-18-20(28)13-21(29)24-22(30)14-23(31-25(18)24)17-8-6-7-9-19(17)27/h6-9,13,16,23,27-29H,1,10-12,14H2,2-5H3. The van der Waals surface area contributed by atoms with Crippen LogP contribution in [0.1, 0.15) is 74.5 Å². The van der Waals surface area contributed by atoms with Gasteiger partial charge in [-0.2, -0.15) is 0 Å². The number of allylic oxidation sites excluding steroid dienone is 1. The molecule has 3 N–H and O–H groups in total. The lowest BCUT2D eigenvalue weighted by molar-refractivity contribution is 0.0839. The van der Waals surface area contributed by atoms with Gasteiger partial charge >= 0.3 is 0 Å². The van der Waals surface area contributed by atoms with Crippen molar-refractivity contribution in [1.29, 1.82) is 0 Å². The zero-order valence-electron chi connectivity index (χ0n) is 18.7. The lowest BCUT2D eigenvalue weighted by Gasteiger charge is -2.30. The predicted molar refractivity (Wildman–Crippen MR) is 121 cm³/mol. The SMILES string of the molecule is C=C(C)C(CCC(C)(C)C)Cc1c(O)cc(O)c2c1OC(c1ccccc1O)CC2=O. The van der Waals surface area contributed by atoms with E-state index in [-0.39, 0.29) is 52.1 Å². The average Bonchev–Trinajstić information content (AvgIpc) is 2.65. The van der Waals surface area contributed by atoms with Gasteiger partial charge in [0.1, 0.15) is 34.7 Å². The third-order valence-corrected chi connectivity index (χ3v) is 5.92. The Hall–Kier alpha value is -2.95. The largest absolute Gasteiger partial charge is 0.508 e. The van der Waals surface area contributed by atoms with Crippen molar-refractivity contribution in [2.45, 2.75) is 59.5 Å². The van der Waals surface area contributed by atoms with Crippen LogP contribution in [0.4, 0.5) is 0 Å². The van der Waals surface area contributed by atoms with Crippen molar-refractivity contribution in [3.8, 4) is 23.0 Å². The number of carbonyl (C=O) groups is 1. The van der Waals surface area contributed by atoms with Gasteiger partial charge in [0.05, 0.1) is 6.42 Å². The first kappa shape index (κ1) is 22.7. The molecular formula is C26H32O5. The molecule has 5 heteroatoms. The van der Waals surface area contributed by atoms with Crippen molar-refractivity contribution in [3.05, 3.63) is 59.2 Å². The van der Waals surface area contributed by atoms with Crippen molar-refractivity contribution in [1.82, 2.24) is 0 Å². The van der Waals surface area contributed by atoms with Gasteiger partial charge in [-0.1, -0.05) is 51.1 Å². The maximum absolute atomic E-state index is 12.9. The van der Waals surface area contributed by atoms with Crippen molar-refractivity contribution in [2.24, 2.45) is 11.3 Å². The van der Waals surface area contributed by atoms with E-state index < -0.39 is 6.10 Å². The number of phenols is 3. The highest BCUT2D eigenvalue weighted by molar-refractivity contribution is 6.03. The summed E-state index contributed by atoms with van der Waals surface area (Å²) in [5.41, 5.74) is 2.23. The first-order chi connectivity index (χ1) is 14.5. The number of rotatable bonds is 6. The molecule has 1 aliphatic rings. The van der Waals surface area contributed by atoms with Gasteiger partial charge in [0.25, 0.3) is 0 Å². The number of ether oxygens (including phenoxy) is 1. The van der Waals surface area contributed by atoms with Crippen LogP contribution >= 0.6 is 0 Å². The van der Waals surface area contributed by atoms with E-state index in [1.54, 1.807) is 24.3 Å². The van der Waals surface area contributed by atoms with E-state index in [0.717, 1.165) is 18.4 Å². The van der Waals surface area contributed by atoms with Crippen LogP contribution in [0.25, 0.3) is 0 Å². The molecule has 1 aliphatic heterocycles. The van der Waals surface area contributed by atoms with Gasteiger partial charge in [-0.05, 0) is 43.6 Å². The van der Waals surface area contributed by atoms with E-state index in [1.165, 1.54) is 6.07 Å². The summed E-state index contributed by atoms with van der Waals surface area (Å²) in [5, 5.41) is 31.3. The highest BCUT2D eigenvalue weighted by Gasteiger charge is 2.35. The van der Waals surface area contributed by atoms with Crippen LogP contribution in [0.15, 0.2) is 42.5 Å². The summed E-state index contributed by atoms with van der Waals surface area (Å²) in [7, 11) is 0. The second-order valence-corrected chi connectivity index (χ2v) is 9.74. The molecule has 0 spiro atoms. The second-order valence-electron chi connectivity index (χ2n) is 9.74. The smallest absolute Gasteiger partial charge is 0.174 e. The number of Topliss-reactive ketones (excluding diaryl/α,β-unsaturated/α-hetero) is 1. The van der Waals surface area contributed by atoms with Crippen molar-refractivity contribution < 1.29 is 24.9 Å². The molecule has 0 aromatic heterocycles. The first-order valence-electron chi connectivity index (χ1n) is 10.7. The Balaban J connectivity index is 2.01. The van der Waals surface area contributed by atoms with Crippen LogP contribution in [0.3, 0.4) is 0 Å². The molecule has 3 rings (SSSR count). The van der Waals surface area contributed by atoms with Gasteiger partial charge in [0, 0.05) is 17.2 Å². The number of fused-ring (bicyclic) bond motifs is 1. The molecule has 0 saturated heterocycles. The number of carbonyl (C=O) groups excluding carboxylic acids is 1. The van der Waals surface area contributed by atoms with Crippen LogP contribution in [0.5, 0.6) is 23.0 Å². The maximum Gasteiger partial charge on any atom is 0.174 e. The normalized spacial score (nSPS) is 17.0. The molecular weight excluding hydrogens is 392 g/mol. The van der Waals surface area contributed by atoms with Gasteiger partial charge in [-0.3, -0.25) is 4.79 Å². The molecule has 0 fully saturated rings. The summed E-state index contributed by atoms with van der Waals surface area (Å²) in [6, 6.07) is 7.94. The van der Waals surface area contributed by atoms with Crippen LogP contribution in [0, 0.1) is 11.3 Å². The predicted octanol–water partition coefficient (Wildman–Crippen LogP) is 6.07. The van der Waals surface area contributed by atoms with Gasteiger partial charge in [-0.25, -0.2) is 0 Å². The molecule has 0 radical (unpaired) electrons. The molecule has 166 valence electrons.